The molecule has 0 bridgehead atoms. The quantitative estimate of drug-likeness (QED) is 0.870. The number of hydrogen-bond acceptors (Lipinski definition) is 5. The Labute approximate surface area is 129 Å². The molecule has 0 radical (unpaired) electrons. The Morgan fingerprint density at radius 3 is 2.86 bits per heavy atom. The van der Waals surface area contributed by atoms with Crippen molar-refractivity contribution in [3.63, 3.8) is 0 Å². The lowest BCUT2D eigenvalue weighted by Crippen LogP contribution is -2.29. The van der Waals surface area contributed by atoms with E-state index in [1.807, 2.05) is 18.2 Å². The van der Waals surface area contributed by atoms with E-state index in [9.17, 15) is 13.2 Å². The van der Waals surface area contributed by atoms with Crippen LogP contribution in [0.1, 0.15) is 18.4 Å². The van der Waals surface area contributed by atoms with Gasteiger partial charge in [-0.3, -0.25) is 4.79 Å². The second-order valence-electron chi connectivity index (χ2n) is 5.76. The van der Waals surface area contributed by atoms with Gasteiger partial charge in [0.05, 0.1) is 11.5 Å². The van der Waals surface area contributed by atoms with Crippen LogP contribution in [0.15, 0.2) is 18.2 Å². The van der Waals surface area contributed by atoms with Gasteiger partial charge in [0.2, 0.25) is 12.7 Å². The lowest BCUT2D eigenvalue weighted by Gasteiger charge is -2.09. The van der Waals surface area contributed by atoms with Gasteiger partial charge < -0.3 is 14.8 Å². The summed E-state index contributed by atoms with van der Waals surface area (Å²) in [5.74, 6) is 1.88. The molecular formula is C15H19NO5S. The number of hydrogen-bond donors (Lipinski definition) is 1. The van der Waals surface area contributed by atoms with Crippen molar-refractivity contribution in [2.24, 2.45) is 5.92 Å². The standard InChI is InChI=1S/C15H19NO5S/c17-15(16-8-12-5-6-22(18,19)9-12)4-2-11-1-3-13-14(7-11)21-10-20-13/h1,3,7,12H,2,4-6,8-10H2,(H,16,17)/t12-/m1/s1. The van der Waals surface area contributed by atoms with Crippen molar-refractivity contribution in [2.45, 2.75) is 19.3 Å². The van der Waals surface area contributed by atoms with Gasteiger partial charge in [-0.25, -0.2) is 8.42 Å². The zero-order chi connectivity index (χ0) is 15.6. The third-order valence-electron chi connectivity index (χ3n) is 3.99. The number of aryl methyl sites for hydroxylation is 1. The van der Waals surface area contributed by atoms with Crippen LogP contribution in [0, 0.1) is 5.92 Å². The minimum absolute atomic E-state index is 0.0537. The highest BCUT2D eigenvalue weighted by Crippen LogP contribution is 2.32. The number of benzene rings is 1. The van der Waals surface area contributed by atoms with Crippen LogP contribution in [0.5, 0.6) is 11.5 Å². The molecule has 1 atom stereocenters. The summed E-state index contributed by atoms with van der Waals surface area (Å²) in [5, 5.41) is 2.83. The summed E-state index contributed by atoms with van der Waals surface area (Å²) < 4.78 is 33.3. The van der Waals surface area contributed by atoms with Crippen LogP contribution >= 0.6 is 0 Å². The second kappa shape index (κ2) is 6.16. The van der Waals surface area contributed by atoms with E-state index in [0.29, 0.717) is 31.6 Å². The molecule has 0 saturated carbocycles. The summed E-state index contributed by atoms with van der Waals surface area (Å²) in [6.07, 6.45) is 1.63. The minimum Gasteiger partial charge on any atom is -0.454 e. The predicted octanol–water partition coefficient (Wildman–Crippen LogP) is 0.899. The molecule has 0 unspecified atom stereocenters. The Morgan fingerprint density at radius 1 is 1.27 bits per heavy atom. The third-order valence-corrected chi connectivity index (χ3v) is 5.83. The van der Waals surface area contributed by atoms with Crippen molar-refractivity contribution in [1.29, 1.82) is 0 Å². The monoisotopic (exact) mass is 325 g/mol. The van der Waals surface area contributed by atoms with Crippen molar-refractivity contribution >= 4 is 15.7 Å². The van der Waals surface area contributed by atoms with Crippen molar-refractivity contribution in [3.8, 4) is 11.5 Å². The fraction of sp³-hybridized carbons (Fsp3) is 0.533. The van der Waals surface area contributed by atoms with Gasteiger partial charge in [-0.1, -0.05) is 6.07 Å². The average Bonchev–Trinajstić information content (AvgIpc) is 3.08. The molecule has 1 aromatic carbocycles. The molecule has 0 spiro atoms. The molecule has 1 aromatic rings. The number of amides is 1. The van der Waals surface area contributed by atoms with Gasteiger partial charge in [-0.15, -0.1) is 0 Å². The van der Waals surface area contributed by atoms with Gasteiger partial charge in [0, 0.05) is 13.0 Å². The van der Waals surface area contributed by atoms with Crippen LogP contribution in [-0.4, -0.2) is 39.2 Å². The molecule has 6 nitrogen and oxygen atoms in total. The Hall–Kier alpha value is -1.76. The minimum atomic E-state index is -2.88. The Morgan fingerprint density at radius 2 is 2.09 bits per heavy atom. The number of nitrogens with one attached hydrogen (secondary N) is 1. The molecule has 0 aliphatic carbocycles. The fourth-order valence-corrected chi connectivity index (χ4v) is 4.60. The zero-order valence-electron chi connectivity index (χ0n) is 12.2. The first kappa shape index (κ1) is 15.1. The Bertz CT molecular complexity index is 671. The molecule has 7 heteroatoms. The van der Waals surface area contributed by atoms with E-state index in [4.69, 9.17) is 9.47 Å². The van der Waals surface area contributed by atoms with Gasteiger partial charge in [0.25, 0.3) is 0 Å². The highest BCUT2D eigenvalue weighted by molar-refractivity contribution is 7.91. The fourth-order valence-electron chi connectivity index (χ4n) is 2.73. The smallest absolute Gasteiger partial charge is 0.231 e. The summed E-state index contributed by atoms with van der Waals surface area (Å²) in [7, 11) is -2.88. The molecule has 22 heavy (non-hydrogen) atoms. The summed E-state index contributed by atoms with van der Waals surface area (Å²) in [6.45, 7) is 0.683. The first-order valence-electron chi connectivity index (χ1n) is 7.37. The largest absolute Gasteiger partial charge is 0.454 e. The van der Waals surface area contributed by atoms with Crippen molar-refractivity contribution < 1.29 is 22.7 Å². The van der Waals surface area contributed by atoms with Crippen LogP contribution in [0.25, 0.3) is 0 Å². The normalized spacial score (nSPS) is 21.7. The van der Waals surface area contributed by atoms with E-state index < -0.39 is 9.84 Å². The summed E-state index contributed by atoms with van der Waals surface area (Å²) in [6, 6.07) is 5.66. The first-order valence-corrected chi connectivity index (χ1v) is 9.20. The summed E-state index contributed by atoms with van der Waals surface area (Å²) in [4.78, 5) is 11.9. The molecule has 2 aliphatic rings. The van der Waals surface area contributed by atoms with Gasteiger partial charge in [-0.05, 0) is 36.5 Å². The number of sulfone groups is 1. The number of carbonyl (C=O) groups is 1. The lowest BCUT2D eigenvalue weighted by atomic mass is 10.1. The van der Waals surface area contributed by atoms with Gasteiger partial charge in [0.1, 0.15) is 0 Å². The molecule has 1 N–H and O–H groups in total. The van der Waals surface area contributed by atoms with E-state index in [0.717, 1.165) is 11.3 Å². The van der Waals surface area contributed by atoms with E-state index in [-0.39, 0.29) is 30.1 Å². The predicted molar refractivity (Wildman–Crippen MR) is 80.7 cm³/mol. The number of ether oxygens (including phenoxy) is 2. The number of rotatable bonds is 5. The Balaban J connectivity index is 1.43. The van der Waals surface area contributed by atoms with Gasteiger partial charge >= 0.3 is 0 Å². The Kier molecular flexibility index (Phi) is 4.24. The SMILES string of the molecule is O=C(CCc1ccc2c(c1)OCO2)NC[C@H]1CCS(=O)(=O)C1. The molecule has 1 fully saturated rings. The van der Waals surface area contributed by atoms with Crippen LogP contribution in [0.4, 0.5) is 0 Å². The molecule has 120 valence electrons. The molecule has 2 heterocycles. The maximum Gasteiger partial charge on any atom is 0.231 e. The third kappa shape index (κ3) is 3.71. The van der Waals surface area contributed by atoms with Crippen molar-refractivity contribution in [2.75, 3.05) is 24.8 Å². The van der Waals surface area contributed by atoms with E-state index in [2.05, 4.69) is 5.32 Å². The zero-order valence-corrected chi connectivity index (χ0v) is 13.0. The maximum atomic E-state index is 11.9. The topological polar surface area (TPSA) is 81.7 Å². The molecule has 2 aliphatic heterocycles. The van der Waals surface area contributed by atoms with Crippen LogP contribution in [0.3, 0.4) is 0 Å². The number of fused-ring (bicyclic) bond motifs is 1. The van der Waals surface area contributed by atoms with Gasteiger partial charge in [-0.2, -0.15) is 0 Å². The first-order chi connectivity index (χ1) is 10.5. The lowest BCUT2D eigenvalue weighted by molar-refractivity contribution is -0.121. The molecular weight excluding hydrogens is 306 g/mol. The highest BCUT2D eigenvalue weighted by atomic mass is 32.2. The summed E-state index contributed by atoms with van der Waals surface area (Å²) >= 11 is 0. The van der Waals surface area contributed by atoms with Crippen LogP contribution in [0.2, 0.25) is 0 Å². The van der Waals surface area contributed by atoms with Crippen LogP contribution in [-0.2, 0) is 21.1 Å². The molecule has 3 rings (SSSR count). The highest BCUT2D eigenvalue weighted by Gasteiger charge is 2.27. The van der Waals surface area contributed by atoms with Crippen molar-refractivity contribution in [3.05, 3.63) is 23.8 Å². The van der Waals surface area contributed by atoms with Crippen molar-refractivity contribution in [1.82, 2.24) is 5.32 Å². The molecule has 0 aromatic heterocycles. The van der Waals surface area contributed by atoms with E-state index in [1.54, 1.807) is 0 Å². The molecule has 1 amide bonds. The van der Waals surface area contributed by atoms with Gasteiger partial charge in [0.15, 0.2) is 21.3 Å². The average molecular weight is 325 g/mol. The maximum absolute atomic E-state index is 11.9. The van der Waals surface area contributed by atoms with E-state index >= 15 is 0 Å². The second-order valence-corrected chi connectivity index (χ2v) is 7.99. The van der Waals surface area contributed by atoms with Crippen LogP contribution < -0.4 is 14.8 Å². The molecule has 1 saturated heterocycles. The van der Waals surface area contributed by atoms with E-state index in [1.165, 1.54) is 0 Å². The summed E-state index contributed by atoms with van der Waals surface area (Å²) in [5.41, 5.74) is 1.02. The number of carbonyl (C=O) groups excluding carboxylic acids is 1.